The van der Waals surface area contributed by atoms with Crippen molar-refractivity contribution >= 4 is 21.8 Å². The standard InChI is InChI=1S/C24H24BrF3N4O/c1-13-7-14(2)29-21(8-13)15(3)32-6-5-17-18(9-16(11-25)10-19(17)23(32)33)20-12-31(4)30-22(20)24(26,27)28/h7-10,12,15H,5-6,11H2,1-4H3/t15-/m0/s1. The molecular formula is C24H24BrF3N4O. The molecule has 0 bridgehead atoms. The van der Waals surface area contributed by atoms with Gasteiger partial charge in [0, 0.05) is 41.9 Å². The summed E-state index contributed by atoms with van der Waals surface area (Å²) < 4.78 is 42.2. The van der Waals surface area contributed by atoms with Crippen LogP contribution in [0.25, 0.3) is 11.1 Å². The fourth-order valence-corrected chi connectivity index (χ4v) is 4.83. The Morgan fingerprint density at radius 2 is 1.82 bits per heavy atom. The Morgan fingerprint density at radius 1 is 1.12 bits per heavy atom. The maximum atomic E-state index is 13.7. The zero-order chi connectivity index (χ0) is 24.1. The number of carbonyl (C=O) groups is 1. The summed E-state index contributed by atoms with van der Waals surface area (Å²) in [5.74, 6) is -0.203. The monoisotopic (exact) mass is 520 g/mol. The lowest BCUT2D eigenvalue weighted by Gasteiger charge is -2.34. The zero-order valence-corrected chi connectivity index (χ0v) is 20.4. The number of pyridine rings is 1. The summed E-state index contributed by atoms with van der Waals surface area (Å²) in [6.45, 7) is 6.22. The number of amides is 1. The Morgan fingerprint density at radius 3 is 2.45 bits per heavy atom. The number of aryl methyl sites for hydroxylation is 3. The van der Waals surface area contributed by atoms with Gasteiger partial charge in [0.15, 0.2) is 5.69 Å². The molecule has 0 N–H and O–H groups in total. The van der Waals surface area contributed by atoms with E-state index in [-0.39, 0.29) is 17.5 Å². The van der Waals surface area contributed by atoms with Crippen molar-refractivity contribution in [1.29, 1.82) is 0 Å². The van der Waals surface area contributed by atoms with Crippen LogP contribution >= 0.6 is 15.9 Å². The summed E-state index contributed by atoms with van der Waals surface area (Å²) in [5, 5.41) is 4.07. The minimum absolute atomic E-state index is 0.00526. The van der Waals surface area contributed by atoms with Crippen LogP contribution in [0.1, 0.15) is 57.1 Å². The van der Waals surface area contributed by atoms with Crippen LogP contribution in [-0.2, 0) is 25.0 Å². The Labute approximate surface area is 198 Å². The van der Waals surface area contributed by atoms with Crippen molar-refractivity contribution in [1.82, 2.24) is 19.7 Å². The van der Waals surface area contributed by atoms with Crippen molar-refractivity contribution in [3.05, 3.63) is 69.8 Å². The fraction of sp³-hybridized carbons (Fsp3) is 0.375. The van der Waals surface area contributed by atoms with Gasteiger partial charge in [-0.2, -0.15) is 18.3 Å². The number of nitrogens with zero attached hydrogens (tertiary/aromatic N) is 4. The van der Waals surface area contributed by atoms with Crippen LogP contribution in [-0.4, -0.2) is 32.1 Å². The summed E-state index contributed by atoms with van der Waals surface area (Å²) in [4.78, 5) is 19.9. The molecule has 1 aromatic carbocycles. The van der Waals surface area contributed by atoms with Gasteiger partial charge in [0.2, 0.25) is 0 Å². The lowest BCUT2D eigenvalue weighted by atomic mass is 9.88. The molecule has 1 atom stereocenters. The Hall–Kier alpha value is -2.68. The molecular weight excluding hydrogens is 497 g/mol. The van der Waals surface area contributed by atoms with E-state index in [4.69, 9.17) is 0 Å². The van der Waals surface area contributed by atoms with Crippen molar-refractivity contribution in [2.75, 3.05) is 6.54 Å². The smallest absolute Gasteiger partial charge is 0.330 e. The van der Waals surface area contributed by atoms with Crippen LogP contribution < -0.4 is 0 Å². The van der Waals surface area contributed by atoms with Crippen LogP contribution in [0.4, 0.5) is 13.2 Å². The summed E-state index contributed by atoms with van der Waals surface area (Å²) in [6.07, 6.45) is -2.78. The third-order valence-corrected chi connectivity index (χ3v) is 6.61. The second kappa shape index (κ2) is 8.59. The molecule has 33 heavy (non-hydrogen) atoms. The summed E-state index contributed by atoms with van der Waals surface area (Å²) in [7, 11) is 1.46. The normalized spacial score (nSPS) is 15.0. The summed E-state index contributed by atoms with van der Waals surface area (Å²) in [5.41, 5.74) is 3.99. The van der Waals surface area contributed by atoms with Gasteiger partial charge in [-0.05, 0) is 73.7 Å². The second-order valence-electron chi connectivity index (χ2n) is 8.50. The minimum atomic E-state index is -4.60. The lowest BCUT2D eigenvalue weighted by Crippen LogP contribution is -2.40. The first-order chi connectivity index (χ1) is 15.5. The van der Waals surface area contributed by atoms with E-state index in [1.165, 1.54) is 13.2 Å². The van der Waals surface area contributed by atoms with Gasteiger partial charge in [0.1, 0.15) is 0 Å². The molecule has 0 unspecified atom stereocenters. The van der Waals surface area contributed by atoms with E-state index in [1.54, 1.807) is 17.0 Å². The molecule has 0 spiro atoms. The van der Waals surface area contributed by atoms with Gasteiger partial charge < -0.3 is 4.90 Å². The van der Waals surface area contributed by atoms with Crippen LogP contribution in [0.5, 0.6) is 0 Å². The molecule has 1 amide bonds. The predicted octanol–water partition coefficient (Wildman–Crippen LogP) is 5.77. The van der Waals surface area contributed by atoms with Crippen molar-refractivity contribution in [3.63, 3.8) is 0 Å². The van der Waals surface area contributed by atoms with Crippen LogP contribution in [0.15, 0.2) is 30.5 Å². The van der Waals surface area contributed by atoms with Gasteiger partial charge in [-0.1, -0.05) is 15.9 Å². The lowest BCUT2D eigenvalue weighted by molar-refractivity contribution is -0.140. The second-order valence-corrected chi connectivity index (χ2v) is 9.06. The Balaban J connectivity index is 1.81. The molecule has 174 valence electrons. The number of alkyl halides is 4. The van der Waals surface area contributed by atoms with E-state index < -0.39 is 11.9 Å². The van der Waals surface area contributed by atoms with Crippen molar-refractivity contribution < 1.29 is 18.0 Å². The van der Waals surface area contributed by atoms with E-state index in [0.29, 0.717) is 35.0 Å². The highest BCUT2D eigenvalue weighted by Crippen LogP contribution is 2.40. The molecule has 0 saturated carbocycles. The number of rotatable bonds is 4. The maximum Gasteiger partial charge on any atom is 0.435 e. The fourth-order valence-electron chi connectivity index (χ4n) is 4.51. The summed E-state index contributed by atoms with van der Waals surface area (Å²) >= 11 is 3.39. The van der Waals surface area contributed by atoms with E-state index >= 15 is 0 Å². The molecule has 9 heteroatoms. The molecule has 0 aliphatic carbocycles. The first-order valence-electron chi connectivity index (χ1n) is 10.6. The van der Waals surface area contributed by atoms with E-state index in [9.17, 15) is 18.0 Å². The first kappa shape index (κ1) is 23.5. The third kappa shape index (κ3) is 4.43. The quantitative estimate of drug-likeness (QED) is 0.410. The largest absolute Gasteiger partial charge is 0.435 e. The number of benzene rings is 1. The number of carbonyl (C=O) groups excluding carboxylic acids is 1. The molecule has 5 nitrogen and oxygen atoms in total. The van der Waals surface area contributed by atoms with E-state index in [2.05, 4.69) is 26.0 Å². The third-order valence-electron chi connectivity index (χ3n) is 5.96. The zero-order valence-electron chi connectivity index (χ0n) is 18.8. The predicted molar refractivity (Wildman–Crippen MR) is 123 cm³/mol. The molecule has 4 rings (SSSR count). The summed E-state index contributed by atoms with van der Waals surface area (Å²) in [6, 6.07) is 7.17. The van der Waals surface area contributed by atoms with E-state index in [0.717, 1.165) is 27.2 Å². The Bertz CT molecular complexity index is 1210. The Kier molecular flexibility index (Phi) is 6.11. The van der Waals surface area contributed by atoms with Gasteiger partial charge in [0.05, 0.1) is 11.7 Å². The van der Waals surface area contributed by atoms with E-state index in [1.807, 2.05) is 32.9 Å². The molecule has 2 aromatic heterocycles. The van der Waals surface area contributed by atoms with Gasteiger partial charge >= 0.3 is 6.18 Å². The molecule has 1 aliphatic heterocycles. The number of hydrogen-bond donors (Lipinski definition) is 0. The van der Waals surface area contributed by atoms with Gasteiger partial charge in [-0.3, -0.25) is 14.5 Å². The molecule has 0 saturated heterocycles. The topological polar surface area (TPSA) is 51.0 Å². The average molecular weight is 521 g/mol. The molecule has 1 aliphatic rings. The van der Waals surface area contributed by atoms with Crippen LogP contribution in [0.3, 0.4) is 0 Å². The van der Waals surface area contributed by atoms with Crippen molar-refractivity contribution in [2.45, 2.75) is 44.7 Å². The first-order valence-corrected chi connectivity index (χ1v) is 11.7. The highest BCUT2D eigenvalue weighted by molar-refractivity contribution is 9.08. The molecule has 0 radical (unpaired) electrons. The number of fused-ring (bicyclic) bond motifs is 1. The van der Waals surface area contributed by atoms with Gasteiger partial charge in [0.25, 0.3) is 5.91 Å². The molecule has 0 fully saturated rings. The van der Waals surface area contributed by atoms with Crippen LogP contribution in [0.2, 0.25) is 0 Å². The molecule has 3 heterocycles. The van der Waals surface area contributed by atoms with Crippen molar-refractivity contribution in [3.8, 4) is 11.1 Å². The minimum Gasteiger partial charge on any atom is -0.330 e. The highest BCUT2D eigenvalue weighted by Gasteiger charge is 2.39. The number of hydrogen-bond acceptors (Lipinski definition) is 3. The van der Waals surface area contributed by atoms with Gasteiger partial charge in [-0.15, -0.1) is 0 Å². The average Bonchev–Trinajstić information content (AvgIpc) is 3.14. The van der Waals surface area contributed by atoms with Gasteiger partial charge in [-0.25, -0.2) is 0 Å². The number of halogens is 4. The SMILES string of the molecule is Cc1cc(C)nc([C@H](C)N2CCc3c(cc(CBr)cc3-c3cn(C)nc3C(F)(F)F)C2=O)c1. The van der Waals surface area contributed by atoms with Crippen molar-refractivity contribution in [2.24, 2.45) is 7.05 Å². The maximum absolute atomic E-state index is 13.7. The highest BCUT2D eigenvalue weighted by atomic mass is 79.9. The molecule has 3 aromatic rings. The van der Waals surface area contributed by atoms with Crippen LogP contribution in [0, 0.1) is 13.8 Å². The number of aromatic nitrogens is 3.